The molecule has 0 unspecified atom stereocenters. The van der Waals surface area contributed by atoms with Crippen LogP contribution in [-0.2, 0) is 28.4 Å². The van der Waals surface area contributed by atoms with Crippen molar-refractivity contribution in [1.82, 2.24) is 29.2 Å². The molecule has 2 aromatic rings. The average molecular weight is 487 g/mol. The number of carbonyl (C=O) groups is 1. The second kappa shape index (κ2) is 8.97. The Balaban J connectivity index is 1.53. The molecule has 2 aromatic heterocycles. The molecule has 0 aromatic carbocycles. The Morgan fingerprint density at radius 1 is 1.38 bits per heavy atom. The Hall–Kier alpha value is -1.72. The summed E-state index contributed by atoms with van der Waals surface area (Å²) in [5.41, 5.74) is 1.53. The monoisotopic (exact) mass is 486 g/mol. The molecule has 1 amide bonds. The van der Waals surface area contributed by atoms with Gasteiger partial charge in [0.25, 0.3) is 0 Å². The first kappa shape index (κ1) is 22.0. The fourth-order valence-electron chi connectivity index (χ4n) is 3.45. The summed E-state index contributed by atoms with van der Waals surface area (Å²) in [6.45, 7) is 5.52. The molecule has 3 rings (SSSR count). The number of rotatable bonds is 7. The lowest BCUT2D eigenvalue weighted by Gasteiger charge is -2.31. The Kier molecular flexibility index (Phi) is 6.79. The van der Waals surface area contributed by atoms with Crippen LogP contribution in [0.2, 0.25) is 0 Å². The zero-order valence-electron chi connectivity index (χ0n) is 16.9. The molecular formula is C18H27BrN6O3S. The summed E-state index contributed by atoms with van der Waals surface area (Å²) < 4.78 is 31.7. The number of halogens is 1. The molecule has 9 nitrogen and oxygen atoms in total. The molecule has 1 N–H and O–H groups in total. The predicted molar refractivity (Wildman–Crippen MR) is 112 cm³/mol. The number of amides is 1. The lowest BCUT2D eigenvalue weighted by Crippen LogP contribution is -2.45. The average Bonchev–Trinajstić information content (AvgIpc) is 3.20. The largest absolute Gasteiger partial charge is 0.356 e. The van der Waals surface area contributed by atoms with E-state index in [9.17, 15) is 13.2 Å². The van der Waals surface area contributed by atoms with Gasteiger partial charge < -0.3 is 5.32 Å². The first-order valence-electron chi connectivity index (χ1n) is 9.66. The topological polar surface area (TPSA) is 102 Å². The van der Waals surface area contributed by atoms with E-state index in [0.29, 0.717) is 38.2 Å². The van der Waals surface area contributed by atoms with Gasteiger partial charge in [-0.15, -0.1) is 0 Å². The third-order valence-corrected chi connectivity index (χ3v) is 8.06. The maximum atomic E-state index is 13.0. The van der Waals surface area contributed by atoms with E-state index in [0.717, 1.165) is 16.6 Å². The third-order valence-electron chi connectivity index (χ3n) is 5.31. The maximum Gasteiger partial charge on any atom is 0.246 e. The number of aryl methyl sites for hydroxylation is 3. The molecular weight excluding hydrogens is 460 g/mol. The van der Waals surface area contributed by atoms with Crippen LogP contribution >= 0.6 is 15.9 Å². The van der Waals surface area contributed by atoms with E-state index in [-0.39, 0.29) is 23.3 Å². The number of hydrogen-bond donors (Lipinski definition) is 1. The standard InChI is InChI=1S/C18H27BrN6O3S/c1-13-16(19)12-24(22-13)8-5-7-20-18(26)15-6-4-9-25(11-15)29(27,28)17-10-21-23(3)14(17)2/h10,12,15H,4-9,11H2,1-3H3,(H,20,26)/t15-/m0/s1. The van der Waals surface area contributed by atoms with Gasteiger partial charge in [0.2, 0.25) is 15.9 Å². The first-order valence-corrected chi connectivity index (χ1v) is 11.9. The van der Waals surface area contributed by atoms with Gasteiger partial charge in [-0.25, -0.2) is 8.42 Å². The van der Waals surface area contributed by atoms with Gasteiger partial charge in [-0.3, -0.25) is 14.2 Å². The Bertz CT molecular complexity index is 964. The van der Waals surface area contributed by atoms with Crippen LogP contribution < -0.4 is 5.32 Å². The van der Waals surface area contributed by atoms with Gasteiger partial charge in [0.05, 0.1) is 28.0 Å². The third kappa shape index (κ3) is 4.89. The maximum absolute atomic E-state index is 13.0. The van der Waals surface area contributed by atoms with Crippen molar-refractivity contribution in [2.45, 2.75) is 44.6 Å². The van der Waals surface area contributed by atoms with E-state index >= 15 is 0 Å². The highest BCUT2D eigenvalue weighted by atomic mass is 79.9. The van der Waals surface area contributed by atoms with Crippen LogP contribution in [0.1, 0.15) is 30.7 Å². The summed E-state index contributed by atoms with van der Waals surface area (Å²) in [5, 5.41) is 11.3. The summed E-state index contributed by atoms with van der Waals surface area (Å²) in [4.78, 5) is 12.8. The zero-order chi connectivity index (χ0) is 21.2. The lowest BCUT2D eigenvalue weighted by molar-refractivity contribution is -0.126. The molecule has 1 aliphatic rings. The molecule has 0 saturated carbocycles. The summed E-state index contributed by atoms with van der Waals surface area (Å²) >= 11 is 3.43. The van der Waals surface area contributed by atoms with Crippen molar-refractivity contribution in [1.29, 1.82) is 0 Å². The molecule has 29 heavy (non-hydrogen) atoms. The molecule has 1 aliphatic heterocycles. The fourth-order valence-corrected chi connectivity index (χ4v) is 5.48. The Morgan fingerprint density at radius 3 is 2.76 bits per heavy atom. The van der Waals surface area contributed by atoms with Crippen molar-refractivity contribution in [3.8, 4) is 0 Å². The van der Waals surface area contributed by atoms with Crippen molar-refractivity contribution in [3.63, 3.8) is 0 Å². The van der Waals surface area contributed by atoms with Crippen molar-refractivity contribution in [2.75, 3.05) is 19.6 Å². The van der Waals surface area contributed by atoms with Gasteiger partial charge in [-0.2, -0.15) is 14.5 Å². The molecule has 0 bridgehead atoms. The van der Waals surface area contributed by atoms with Crippen LogP contribution in [0.15, 0.2) is 21.8 Å². The van der Waals surface area contributed by atoms with Crippen molar-refractivity contribution in [2.24, 2.45) is 13.0 Å². The van der Waals surface area contributed by atoms with Gasteiger partial charge in [0.1, 0.15) is 4.90 Å². The lowest BCUT2D eigenvalue weighted by atomic mass is 9.99. The second-order valence-corrected chi connectivity index (χ2v) is 10.2. The molecule has 1 saturated heterocycles. The van der Waals surface area contributed by atoms with Crippen LogP contribution in [0.3, 0.4) is 0 Å². The van der Waals surface area contributed by atoms with Crippen LogP contribution in [-0.4, -0.2) is 57.8 Å². The van der Waals surface area contributed by atoms with E-state index in [2.05, 4.69) is 31.4 Å². The molecule has 0 spiro atoms. The van der Waals surface area contributed by atoms with E-state index in [1.54, 1.807) is 18.7 Å². The molecule has 3 heterocycles. The summed E-state index contributed by atoms with van der Waals surface area (Å²) in [7, 11) is -1.93. The first-order chi connectivity index (χ1) is 13.7. The van der Waals surface area contributed by atoms with E-state index in [4.69, 9.17) is 0 Å². The predicted octanol–water partition coefficient (Wildman–Crippen LogP) is 1.60. The highest BCUT2D eigenvalue weighted by molar-refractivity contribution is 9.10. The highest BCUT2D eigenvalue weighted by Crippen LogP contribution is 2.25. The molecule has 0 aliphatic carbocycles. The van der Waals surface area contributed by atoms with E-state index < -0.39 is 10.0 Å². The fraction of sp³-hybridized carbons (Fsp3) is 0.611. The minimum Gasteiger partial charge on any atom is -0.356 e. The summed E-state index contributed by atoms with van der Waals surface area (Å²) in [5.74, 6) is -0.428. The van der Waals surface area contributed by atoms with Crippen molar-refractivity contribution >= 4 is 31.9 Å². The number of piperidine rings is 1. The number of sulfonamides is 1. The van der Waals surface area contributed by atoms with Crippen LogP contribution in [0.25, 0.3) is 0 Å². The number of nitrogens with zero attached hydrogens (tertiary/aromatic N) is 5. The highest BCUT2D eigenvalue weighted by Gasteiger charge is 2.34. The van der Waals surface area contributed by atoms with Crippen molar-refractivity contribution in [3.05, 3.63) is 28.3 Å². The van der Waals surface area contributed by atoms with Gasteiger partial charge in [-0.1, -0.05) is 0 Å². The minimum atomic E-state index is -3.65. The molecule has 1 atom stereocenters. The summed E-state index contributed by atoms with van der Waals surface area (Å²) in [6, 6.07) is 0. The molecule has 11 heteroatoms. The number of aromatic nitrogens is 4. The Labute approximate surface area is 179 Å². The molecule has 160 valence electrons. The smallest absolute Gasteiger partial charge is 0.246 e. The summed E-state index contributed by atoms with van der Waals surface area (Å²) in [6.07, 6.45) is 5.40. The van der Waals surface area contributed by atoms with E-state index in [1.807, 2.05) is 17.8 Å². The van der Waals surface area contributed by atoms with Crippen LogP contribution in [0, 0.1) is 19.8 Å². The quantitative estimate of drug-likeness (QED) is 0.598. The van der Waals surface area contributed by atoms with Gasteiger partial charge >= 0.3 is 0 Å². The van der Waals surface area contributed by atoms with Gasteiger partial charge in [0.15, 0.2) is 0 Å². The zero-order valence-corrected chi connectivity index (χ0v) is 19.3. The van der Waals surface area contributed by atoms with Crippen LogP contribution in [0.5, 0.6) is 0 Å². The van der Waals surface area contributed by atoms with Gasteiger partial charge in [0, 0.05) is 39.4 Å². The molecule has 1 fully saturated rings. The molecule has 0 radical (unpaired) electrons. The Morgan fingerprint density at radius 2 is 2.14 bits per heavy atom. The number of nitrogens with one attached hydrogen (secondary N) is 1. The van der Waals surface area contributed by atoms with Gasteiger partial charge in [-0.05, 0) is 49.0 Å². The SMILES string of the molecule is Cc1nn(CCCNC(=O)[C@H]2CCCN(S(=O)(=O)c3cnn(C)c3C)C2)cc1Br. The van der Waals surface area contributed by atoms with Crippen molar-refractivity contribution < 1.29 is 13.2 Å². The number of hydrogen-bond acceptors (Lipinski definition) is 5. The van der Waals surface area contributed by atoms with E-state index in [1.165, 1.54) is 10.5 Å². The second-order valence-electron chi connectivity index (χ2n) is 7.39. The number of carbonyl (C=O) groups excluding carboxylic acids is 1. The minimum absolute atomic E-state index is 0.0920. The normalized spacial score (nSPS) is 18.1. The van der Waals surface area contributed by atoms with Crippen LogP contribution in [0.4, 0.5) is 0 Å².